The van der Waals surface area contributed by atoms with Gasteiger partial charge in [-0.05, 0) is 0 Å². The van der Waals surface area contributed by atoms with Crippen LogP contribution in [0.25, 0.3) is 11.1 Å². The van der Waals surface area contributed by atoms with E-state index < -0.39 is 19.7 Å². The van der Waals surface area contributed by atoms with Gasteiger partial charge in [0, 0.05) is 0 Å². The van der Waals surface area contributed by atoms with Crippen LogP contribution in [0.1, 0.15) is 28.7 Å². The van der Waals surface area contributed by atoms with Gasteiger partial charge in [0.05, 0.1) is 0 Å². The summed E-state index contributed by atoms with van der Waals surface area (Å²) in [6.45, 7) is 0. The molecule has 3 aromatic rings. The van der Waals surface area contributed by atoms with Gasteiger partial charge in [0.25, 0.3) is 0 Å². The van der Waals surface area contributed by atoms with Gasteiger partial charge in [-0.2, -0.15) is 0 Å². The Morgan fingerprint density at radius 2 is 1.52 bits per heavy atom. The Hall–Kier alpha value is -0.177. The fraction of sp³-hybridized carbons (Fsp3) is 0.182. The van der Waals surface area contributed by atoms with E-state index in [0.29, 0.717) is 0 Å². The predicted molar refractivity (Wildman–Crippen MR) is 108 cm³/mol. The van der Waals surface area contributed by atoms with E-state index in [0.717, 1.165) is 6.42 Å². The zero-order chi connectivity index (χ0) is 17.0. The van der Waals surface area contributed by atoms with Crippen molar-refractivity contribution in [2.45, 2.75) is 25.7 Å². The van der Waals surface area contributed by atoms with Crippen molar-refractivity contribution in [1.29, 1.82) is 0 Å². The second-order valence-electron chi connectivity index (χ2n) is 6.91. The summed E-state index contributed by atoms with van der Waals surface area (Å²) < 4.78 is 4.31. The van der Waals surface area contributed by atoms with Crippen LogP contribution in [0.2, 0.25) is 0 Å². The monoisotopic (exact) mass is 552 g/mol. The number of benzene rings is 3. The van der Waals surface area contributed by atoms with Gasteiger partial charge >= 0.3 is 169 Å². The average molecular weight is 555 g/mol. The predicted octanol–water partition coefficient (Wildman–Crippen LogP) is -0.801. The third-order valence-corrected chi connectivity index (χ3v) is 13.5. The molecule has 3 aromatic carbocycles. The van der Waals surface area contributed by atoms with Crippen molar-refractivity contribution in [3.63, 3.8) is 0 Å². The van der Waals surface area contributed by atoms with Crippen LogP contribution in [0.4, 0.5) is 0 Å². The Labute approximate surface area is 192 Å². The molecule has 0 aliphatic heterocycles. The first kappa shape index (κ1) is 21.5. The SMILES string of the molecule is [Cl-].[Cl-].[S]=[Zr+2]([c]1ccc(Br)c2c1CCC2)[c]1cccc2c1-c1ccccc1C2. The van der Waals surface area contributed by atoms with Crippen LogP contribution >= 0.6 is 24.8 Å². The summed E-state index contributed by atoms with van der Waals surface area (Å²) in [6, 6.07) is 20.3. The van der Waals surface area contributed by atoms with Gasteiger partial charge in [-0.15, -0.1) is 0 Å². The van der Waals surface area contributed by atoms with Crippen molar-refractivity contribution in [3.8, 4) is 11.1 Å². The Morgan fingerprint density at radius 1 is 0.778 bits per heavy atom. The first-order chi connectivity index (χ1) is 12.2. The summed E-state index contributed by atoms with van der Waals surface area (Å²) in [5, 5.41) is 0. The summed E-state index contributed by atoms with van der Waals surface area (Å²) in [4.78, 5) is 0. The second kappa shape index (κ2) is 8.68. The molecule has 2 aliphatic rings. The molecule has 0 fully saturated rings. The average Bonchev–Trinajstić information content (AvgIpc) is 3.26. The van der Waals surface area contributed by atoms with Gasteiger partial charge < -0.3 is 24.8 Å². The minimum absolute atomic E-state index is 0. The standard InChI is InChI=1S/C13H9.C9H8Br.2ClH.S.Zr/c1-3-7-12-10(5-1)9-11-6-2-4-8-13(11)12;10-9-6-2-4-7-3-1-5-8(7)9;;;;/h1-7H,9H2;2,6H,1,3,5H2;2*1H;;/q;;;;;+2/p-2. The number of hydrogen-bond acceptors (Lipinski definition) is 1. The molecular formula is C22H17BrCl2SZr. The summed E-state index contributed by atoms with van der Waals surface area (Å²) in [5.74, 6) is 0. The van der Waals surface area contributed by atoms with E-state index in [1.807, 2.05) is 0 Å². The molecule has 0 heterocycles. The van der Waals surface area contributed by atoms with Crippen LogP contribution in [-0.2, 0) is 39.0 Å². The van der Waals surface area contributed by atoms with Crippen LogP contribution in [0.3, 0.4) is 0 Å². The van der Waals surface area contributed by atoms with E-state index in [1.54, 1.807) is 5.56 Å². The maximum absolute atomic E-state index is 6.31. The second-order valence-corrected chi connectivity index (χ2v) is 14.4. The Bertz CT molecular complexity index is 1050. The fourth-order valence-corrected chi connectivity index (χ4v) is 11.6. The summed E-state index contributed by atoms with van der Waals surface area (Å²) >= 11 is 1.44. The number of hydrogen-bond donors (Lipinski definition) is 0. The molecule has 0 N–H and O–H groups in total. The molecule has 5 heteroatoms. The third kappa shape index (κ3) is 3.60. The fourth-order valence-electron chi connectivity index (χ4n) is 4.40. The number of rotatable bonds is 2. The third-order valence-electron chi connectivity index (χ3n) is 5.54. The summed E-state index contributed by atoms with van der Waals surface area (Å²) in [5.41, 5.74) is 8.91. The molecule has 0 nitrogen and oxygen atoms in total. The summed E-state index contributed by atoms with van der Waals surface area (Å²) in [6.07, 6.45) is 4.73. The zero-order valence-corrected chi connectivity index (χ0v) is 20.9. The molecule has 0 unspecified atom stereocenters. The molecule has 0 saturated heterocycles. The Balaban J connectivity index is 0.00000105. The van der Waals surface area contributed by atoms with Crippen molar-refractivity contribution >= 4 is 31.3 Å². The molecule has 0 saturated carbocycles. The van der Waals surface area contributed by atoms with E-state index in [9.17, 15) is 0 Å². The van der Waals surface area contributed by atoms with Gasteiger partial charge in [-0.3, -0.25) is 0 Å². The molecule has 0 spiro atoms. The topological polar surface area (TPSA) is 0 Å². The molecule has 136 valence electrons. The van der Waals surface area contributed by atoms with Gasteiger partial charge in [0.15, 0.2) is 0 Å². The molecular weight excluding hydrogens is 538 g/mol. The molecule has 2 aliphatic carbocycles. The van der Waals surface area contributed by atoms with Crippen LogP contribution in [0, 0.1) is 0 Å². The Morgan fingerprint density at radius 3 is 2.37 bits per heavy atom. The van der Waals surface area contributed by atoms with Crippen LogP contribution in [0.15, 0.2) is 59.1 Å². The molecule has 0 atom stereocenters. The van der Waals surface area contributed by atoms with Gasteiger partial charge in [0.1, 0.15) is 0 Å². The molecule has 27 heavy (non-hydrogen) atoms. The van der Waals surface area contributed by atoms with E-state index >= 15 is 0 Å². The van der Waals surface area contributed by atoms with Crippen molar-refractivity contribution in [3.05, 3.63) is 81.3 Å². The van der Waals surface area contributed by atoms with Crippen molar-refractivity contribution < 1.29 is 44.5 Å². The molecule has 0 bridgehead atoms. The van der Waals surface area contributed by atoms with Crippen LogP contribution in [0.5, 0.6) is 0 Å². The van der Waals surface area contributed by atoms with Crippen molar-refractivity contribution in [1.82, 2.24) is 0 Å². The number of halogens is 3. The zero-order valence-electron chi connectivity index (χ0n) is 14.6. The van der Waals surface area contributed by atoms with Crippen LogP contribution in [-0.4, -0.2) is 0 Å². The van der Waals surface area contributed by atoms with Crippen LogP contribution < -0.4 is 31.4 Å². The molecule has 0 aromatic heterocycles. The maximum atomic E-state index is 6.31. The normalized spacial score (nSPS) is 12.7. The number of fused-ring (bicyclic) bond motifs is 4. The quantitative estimate of drug-likeness (QED) is 0.313. The first-order valence-electron chi connectivity index (χ1n) is 8.79. The Kier molecular flexibility index (Phi) is 6.92. The van der Waals surface area contributed by atoms with Crippen molar-refractivity contribution in [2.24, 2.45) is 0 Å². The van der Waals surface area contributed by atoms with Gasteiger partial charge in [-0.1, -0.05) is 0 Å². The van der Waals surface area contributed by atoms with E-state index in [4.69, 9.17) is 8.86 Å². The minimum atomic E-state index is -2.31. The molecule has 5 rings (SSSR count). The van der Waals surface area contributed by atoms with Gasteiger partial charge in [-0.25, -0.2) is 0 Å². The van der Waals surface area contributed by atoms with E-state index in [-0.39, 0.29) is 24.8 Å². The molecule has 0 amide bonds. The summed E-state index contributed by atoms with van der Waals surface area (Å²) in [7, 11) is 6.31. The van der Waals surface area contributed by atoms with E-state index in [2.05, 4.69) is 70.5 Å². The molecule has 0 radical (unpaired) electrons. The van der Waals surface area contributed by atoms with E-state index in [1.165, 1.54) is 58.1 Å². The first-order valence-corrected chi connectivity index (χ1v) is 15.5. The van der Waals surface area contributed by atoms with Gasteiger partial charge in [0.2, 0.25) is 0 Å². The van der Waals surface area contributed by atoms with Crippen molar-refractivity contribution in [2.75, 3.05) is 0 Å².